The van der Waals surface area contributed by atoms with Crippen molar-refractivity contribution in [3.63, 3.8) is 0 Å². The summed E-state index contributed by atoms with van der Waals surface area (Å²) in [6, 6.07) is 21.2. The fourth-order valence-corrected chi connectivity index (χ4v) is 4.83. The van der Waals surface area contributed by atoms with Gasteiger partial charge in [0.05, 0.1) is 4.92 Å². The van der Waals surface area contributed by atoms with E-state index in [-0.39, 0.29) is 24.1 Å². The molecule has 2 aliphatic rings. The molecule has 1 unspecified atom stereocenters. The van der Waals surface area contributed by atoms with E-state index in [2.05, 4.69) is 29.6 Å². The number of hydrogen-bond donors (Lipinski definition) is 1. The van der Waals surface area contributed by atoms with Gasteiger partial charge in [0.15, 0.2) is 0 Å². The lowest BCUT2D eigenvalue weighted by Crippen LogP contribution is -2.43. The van der Waals surface area contributed by atoms with E-state index in [4.69, 9.17) is 4.74 Å². The second-order valence-corrected chi connectivity index (χ2v) is 8.45. The monoisotopic (exact) mass is 457 g/mol. The SMILES string of the molecule is O=C(Nc1ccc([N+](=O)[O-])cc1)C1CCCN1C(=O)OCC1c2ccccc2-c2ccccc21. The van der Waals surface area contributed by atoms with Gasteiger partial charge >= 0.3 is 6.09 Å². The lowest BCUT2D eigenvalue weighted by molar-refractivity contribution is -0.384. The van der Waals surface area contributed by atoms with Crippen LogP contribution in [0.15, 0.2) is 72.8 Å². The van der Waals surface area contributed by atoms with Crippen LogP contribution >= 0.6 is 0 Å². The molecule has 34 heavy (non-hydrogen) atoms. The molecular formula is C26H23N3O5. The van der Waals surface area contributed by atoms with E-state index in [9.17, 15) is 19.7 Å². The quantitative estimate of drug-likeness (QED) is 0.432. The summed E-state index contributed by atoms with van der Waals surface area (Å²) in [4.78, 5) is 37.6. The maximum Gasteiger partial charge on any atom is 0.410 e. The molecule has 172 valence electrons. The van der Waals surface area contributed by atoms with Gasteiger partial charge in [-0.25, -0.2) is 4.79 Å². The lowest BCUT2D eigenvalue weighted by Gasteiger charge is -2.24. The second kappa shape index (κ2) is 8.97. The van der Waals surface area contributed by atoms with E-state index in [0.717, 1.165) is 22.3 Å². The molecule has 1 aliphatic heterocycles. The van der Waals surface area contributed by atoms with E-state index in [1.54, 1.807) is 0 Å². The average Bonchev–Trinajstić information content (AvgIpc) is 3.47. The zero-order valence-corrected chi connectivity index (χ0v) is 18.3. The van der Waals surface area contributed by atoms with Crippen molar-refractivity contribution in [2.45, 2.75) is 24.8 Å². The Morgan fingerprint density at radius 1 is 0.971 bits per heavy atom. The first kappa shape index (κ1) is 21.6. The fourth-order valence-electron chi connectivity index (χ4n) is 4.83. The summed E-state index contributed by atoms with van der Waals surface area (Å²) < 4.78 is 5.73. The summed E-state index contributed by atoms with van der Waals surface area (Å²) in [5, 5.41) is 13.6. The van der Waals surface area contributed by atoms with Crippen LogP contribution in [0.5, 0.6) is 0 Å². The fraction of sp³-hybridized carbons (Fsp3) is 0.231. The van der Waals surface area contributed by atoms with Crippen LogP contribution in [0.3, 0.4) is 0 Å². The molecule has 1 fully saturated rings. The number of amides is 2. The molecule has 0 radical (unpaired) electrons. The number of hydrogen-bond acceptors (Lipinski definition) is 5. The number of anilines is 1. The predicted octanol–water partition coefficient (Wildman–Crippen LogP) is 4.95. The first-order valence-electron chi connectivity index (χ1n) is 11.2. The molecule has 1 saturated heterocycles. The number of carbonyl (C=O) groups excluding carboxylic acids is 2. The number of benzene rings is 3. The molecule has 0 bridgehead atoms. The summed E-state index contributed by atoms with van der Waals surface area (Å²) in [6.45, 7) is 0.634. The maximum absolute atomic E-state index is 13.0. The van der Waals surface area contributed by atoms with Gasteiger partial charge in [-0.2, -0.15) is 0 Å². The van der Waals surface area contributed by atoms with E-state index < -0.39 is 17.1 Å². The van der Waals surface area contributed by atoms with Crippen molar-refractivity contribution in [1.82, 2.24) is 4.90 Å². The number of nitro groups is 1. The van der Waals surface area contributed by atoms with Crippen LogP contribution < -0.4 is 5.32 Å². The van der Waals surface area contributed by atoms with Crippen LogP contribution in [-0.4, -0.2) is 41.0 Å². The molecule has 1 heterocycles. The molecule has 0 spiro atoms. The molecule has 2 amide bonds. The van der Waals surface area contributed by atoms with Gasteiger partial charge in [-0.3, -0.25) is 19.8 Å². The Hall–Kier alpha value is -4.20. The van der Waals surface area contributed by atoms with Crippen molar-refractivity contribution < 1.29 is 19.2 Å². The lowest BCUT2D eigenvalue weighted by atomic mass is 9.98. The molecular weight excluding hydrogens is 434 g/mol. The van der Waals surface area contributed by atoms with Crippen molar-refractivity contribution in [2.75, 3.05) is 18.5 Å². The van der Waals surface area contributed by atoms with E-state index in [1.165, 1.54) is 29.2 Å². The van der Waals surface area contributed by atoms with Crippen molar-refractivity contribution in [3.05, 3.63) is 94.0 Å². The molecule has 0 aromatic heterocycles. The van der Waals surface area contributed by atoms with Gasteiger partial charge in [-0.1, -0.05) is 48.5 Å². The van der Waals surface area contributed by atoms with Crippen molar-refractivity contribution in [3.8, 4) is 11.1 Å². The molecule has 1 N–H and O–H groups in total. The maximum atomic E-state index is 13.0. The Morgan fingerprint density at radius 2 is 1.59 bits per heavy atom. The first-order valence-corrected chi connectivity index (χ1v) is 11.2. The minimum absolute atomic E-state index is 0.0497. The topological polar surface area (TPSA) is 102 Å². The second-order valence-electron chi connectivity index (χ2n) is 8.45. The largest absolute Gasteiger partial charge is 0.448 e. The number of likely N-dealkylation sites (tertiary alicyclic amines) is 1. The number of non-ortho nitro benzene ring substituents is 1. The normalized spacial score (nSPS) is 16.6. The minimum atomic E-state index is -0.647. The molecule has 1 atom stereocenters. The zero-order chi connectivity index (χ0) is 23.7. The molecule has 3 aromatic carbocycles. The highest BCUT2D eigenvalue weighted by Gasteiger charge is 2.36. The third-order valence-corrected chi connectivity index (χ3v) is 6.47. The van der Waals surface area contributed by atoms with Gasteiger partial charge in [0, 0.05) is 30.3 Å². The highest BCUT2D eigenvalue weighted by molar-refractivity contribution is 5.97. The highest BCUT2D eigenvalue weighted by atomic mass is 16.6. The third kappa shape index (κ3) is 3.98. The molecule has 0 saturated carbocycles. The van der Waals surface area contributed by atoms with Gasteiger partial charge in [0.25, 0.3) is 5.69 Å². The average molecular weight is 457 g/mol. The smallest absolute Gasteiger partial charge is 0.410 e. The summed E-state index contributed by atoms with van der Waals surface area (Å²) in [7, 11) is 0. The van der Waals surface area contributed by atoms with Crippen LogP contribution in [0, 0.1) is 10.1 Å². The molecule has 5 rings (SSSR count). The standard InChI is InChI=1S/C26H23N3O5/c30-25(27-17-11-13-18(14-12-17)29(32)33)24-10-5-15-28(24)26(31)34-16-23-21-8-3-1-6-19(21)20-7-2-4-9-22(20)23/h1-4,6-9,11-14,23-24H,5,10,15-16H2,(H,27,30). The van der Waals surface area contributed by atoms with Gasteiger partial charge in [0.2, 0.25) is 5.91 Å². The highest BCUT2D eigenvalue weighted by Crippen LogP contribution is 2.44. The summed E-state index contributed by atoms with van der Waals surface area (Å²) in [5.41, 5.74) is 4.95. The Balaban J connectivity index is 1.25. The van der Waals surface area contributed by atoms with Crippen LogP contribution in [0.4, 0.5) is 16.2 Å². The molecule has 1 aliphatic carbocycles. The molecule has 3 aromatic rings. The van der Waals surface area contributed by atoms with Crippen LogP contribution in [0.1, 0.15) is 29.9 Å². The van der Waals surface area contributed by atoms with Crippen molar-refractivity contribution in [1.29, 1.82) is 0 Å². The summed E-state index contributed by atoms with van der Waals surface area (Å²) in [6.07, 6.45) is 0.717. The Labute approximate surface area is 196 Å². The number of fused-ring (bicyclic) bond motifs is 3. The molecule has 8 nitrogen and oxygen atoms in total. The number of nitro benzene ring substituents is 1. The van der Waals surface area contributed by atoms with E-state index in [1.807, 2.05) is 24.3 Å². The van der Waals surface area contributed by atoms with E-state index >= 15 is 0 Å². The number of nitrogens with one attached hydrogen (secondary N) is 1. The van der Waals surface area contributed by atoms with Gasteiger partial charge in [-0.15, -0.1) is 0 Å². The van der Waals surface area contributed by atoms with Gasteiger partial charge in [0.1, 0.15) is 12.6 Å². The summed E-state index contributed by atoms with van der Waals surface area (Å²) in [5.74, 6) is -0.383. The number of nitrogens with zero attached hydrogens (tertiary/aromatic N) is 2. The van der Waals surface area contributed by atoms with Crippen LogP contribution in [0.25, 0.3) is 11.1 Å². The van der Waals surface area contributed by atoms with Gasteiger partial charge in [-0.05, 0) is 47.2 Å². The van der Waals surface area contributed by atoms with Crippen molar-refractivity contribution in [2.24, 2.45) is 0 Å². The third-order valence-electron chi connectivity index (χ3n) is 6.47. The minimum Gasteiger partial charge on any atom is -0.448 e. The Bertz CT molecular complexity index is 1210. The number of carbonyl (C=O) groups is 2. The number of rotatable bonds is 5. The Morgan fingerprint density at radius 3 is 2.21 bits per heavy atom. The van der Waals surface area contributed by atoms with Gasteiger partial charge < -0.3 is 10.1 Å². The zero-order valence-electron chi connectivity index (χ0n) is 18.3. The summed E-state index contributed by atoms with van der Waals surface area (Å²) >= 11 is 0. The van der Waals surface area contributed by atoms with E-state index in [0.29, 0.717) is 25.1 Å². The predicted molar refractivity (Wildman–Crippen MR) is 127 cm³/mol. The van der Waals surface area contributed by atoms with Crippen molar-refractivity contribution >= 4 is 23.4 Å². The van der Waals surface area contributed by atoms with Crippen LogP contribution in [0.2, 0.25) is 0 Å². The van der Waals surface area contributed by atoms with Crippen LogP contribution in [-0.2, 0) is 9.53 Å². The first-order chi connectivity index (χ1) is 16.5. The number of ether oxygens (including phenoxy) is 1. The molecule has 8 heteroatoms. The Kier molecular flexibility index (Phi) is 5.71.